The molecule has 2 unspecified atom stereocenters. The number of esters is 1. The van der Waals surface area contributed by atoms with Crippen LogP contribution < -0.4 is 0 Å². The van der Waals surface area contributed by atoms with Crippen LogP contribution in [0.3, 0.4) is 0 Å². The zero-order valence-corrected chi connectivity index (χ0v) is 13.5. The van der Waals surface area contributed by atoms with Crippen LogP contribution in [0.1, 0.15) is 21.5 Å². The third-order valence-electron chi connectivity index (χ3n) is 3.82. The molecule has 120 valence electrons. The summed E-state index contributed by atoms with van der Waals surface area (Å²) < 4.78 is 17.1. The summed E-state index contributed by atoms with van der Waals surface area (Å²) >= 11 is 5.94. The van der Waals surface area contributed by atoms with Crippen molar-refractivity contribution in [2.45, 2.75) is 11.9 Å². The zero-order valence-electron chi connectivity index (χ0n) is 12.7. The minimum absolute atomic E-state index is 0.248. The first kappa shape index (κ1) is 16.0. The Balaban J connectivity index is 2.17. The van der Waals surface area contributed by atoms with Gasteiger partial charge in [-0.05, 0) is 6.07 Å². The van der Waals surface area contributed by atoms with Gasteiger partial charge in [0, 0.05) is 11.1 Å². The van der Waals surface area contributed by atoms with E-state index in [0.29, 0.717) is 23.6 Å². The van der Waals surface area contributed by atoms with Crippen molar-refractivity contribution in [1.29, 1.82) is 0 Å². The van der Waals surface area contributed by atoms with E-state index in [1.54, 1.807) is 12.1 Å². The molecule has 0 bridgehead atoms. The van der Waals surface area contributed by atoms with Crippen molar-refractivity contribution in [1.82, 2.24) is 0 Å². The summed E-state index contributed by atoms with van der Waals surface area (Å²) in [6.07, 6.45) is -0.248. The second-order valence-corrected chi connectivity index (χ2v) is 5.53. The quantitative estimate of drug-likeness (QED) is 0.636. The summed E-state index contributed by atoms with van der Waals surface area (Å²) in [6, 6.07) is 16.7. The Morgan fingerprint density at radius 2 is 1.91 bits per heavy atom. The summed E-state index contributed by atoms with van der Waals surface area (Å²) in [7, 11) is 1.35. The molecule has 0 amide bonds. The van der Waals surface area contributed by atoms with Gasteiger partial charge in [-0.3, -0.25) is 0 Å². The maximum absolute atomic E-state index is 12.2. The maximum atomic E-state index is 12.2. The molecule has 0 N–H and O–H groups in total. The molecule has 0 aliphatic carbocycles. The van der Waals surface area contributed by atoms with Crippen molar-refractivity contribution in [3.05, 3.63) is 71.3 Å². The summed E-state index contributed by atoms with van der Waals surface area (Å²) in [5, 5.41) is 0. The molecule has 23 heavy (non-hydrogen) atoms. The number of carbonyl (C=O) groups is 1. The van der Waals surface area contributed by atoms with E-state index in [2.05, 4.69) is 0 Å². The molecule has 1 saturated heterocycles. The van der Waals surface area contributed by atoms with Gasteiger partial charge in [0.1, 0.15) is 0 Å². The van der Waals surface area contributed by atoms with Crippen LogP contribution in [0.4, 0.5) is 0 Å². The van der Waals surface area contributed by atoms with E-state index in [1.165, 1.54) is 7.11 Å². The molecule has 4 nitrogen and oxygen atoms in total. The van der Waals surface area contributed by atoms with Gasteiger partial charge in [-0.15, -0.1) is 11.6 Å². The van der Waals surface area contributed by atoms with Crippen molar-refractivity contribution < 1.29 is 19.0 Å². The highest BCUT2D eigenvalue weighted by Crippen LogP contribution is 2.42. The highest BCUT2D eigenvalue weighted by atomic mass is 35.5. The lowest BCUT2D eigenvalue weighted by Crippen LogP contribution is -2.32. The average Bonchev–Trinajstić information content (AvgIpc) is 3.07. The van der Waals surface area contributed by atoms with Crippen LogP contribution in [0.15, 0.2) is 54.6 Å². The van der Waals surface area contributed by atoms with E-state index >= 15 is 0 Å². The third kappa shape index (κ3) is 2.85. The first-order valence-electron chi connectivity index (χ1n) is 7.32. The van der Waals surface area contributed by atoms with Crippen LogP contribution in [0.5, 0.6) is 0 Å². The van der Waals surface area contributed by atoms with Crippen molar-refractivity contribution >= 4 is 17.6 Å². The standard InChI is InChI=1S/C18H17ClO4/c1-21-17(20)15-9-5-6-10-16(15)18(13-7-3-2-4-8-13)22-12-14(11-19)23-18/h2-10,14H,11-12H2,1H3. The molecular formula is C18H17ClO4. The lowest BCUT2D eigenvalue weighted by atomic mass is 9.93. The monoisotopic (exact) mass is 332 g/mol. The molecular weight excluding hydrogens is 316 g/mol. The van der Waals surface area contributed by atoms with E-state index in [9.17, 15) is 4.79 Å². The van der Waals surface area contributed by atoms with Crippen LogP contribution in [0.2, 0.25) is 0 Å². The molecule has 1 heterocycles. The predicted octanol–water partition coefficient (Wildman–Crippen LogP) is 3.33. The third-order valence-corrected chi connectivity index (χ3v) is 4.16. The van der Waals surface area contributed by atoms with E-state index in [0.717, 1.165) is 5.56 Å². The molecule has 5 heteroatoms. The maximum Gasteiger partial charge on any atom is 0.338 e. The van der Waals surface area contributed by atoms with Crippen molar-refractivity contribution in [2.24, 2.45) is 0 Å². The highest BCUT2D eigenvalue weighted by Gasteiger charge is 2.46. The summed E-state index contributed by atoms with van der Waals surface area (Å²) in [5.74, 6) is -1.28. The molecule has 2 aromatic rings. The van der Waals surface area contributed by atoms with Gasteiger partial charge in [0.2, 0.25) is 5.79 Å². The lowest BCUT2D eigenvalue weighted by molar-refractivity contribution is -0.140. The van der Waals surface area contributed by atoms with Crippen LogP contribution in [-0.2, 0) is 20.0 Å². The van der Waals surface area contributed by atoms with Gasteiger partial charge >= 0.3 is 5.97 Å². The second kappa shape index (κ2) is 6.71. The molecule has 1 aliphatic rings. The SMILES string of the molecule is COC(=O)c1ccccc1C1(c2ccccc2)OCC(CCl)O1. The summed E-state index contributed by atoms with van der Waals surface area (Å²) in [5.41, 5.74) is 1.84. The first-order chi connectivity index (χ1) is 11.2. The van der Waals surface area contributed by atoms with Crippen molar-refractivity contribution in [3.8, 4) is 0 Å². The van der Waals surface area contributed by atoms with E-state index in [1.807, 2.05) is 42.5 Å². The van der Waals surface area contributed by atoms with Crippen molar-refractivity contribution in [2.75, 3.05) is 19.6 Å². The second-order valence-electron chi connectivity index (χ2n) is 5.22. The van der Waals surface area contributed by atoms with Gasteiger partial charge in [0.15, 0.2) is 0 Å². The number of ether oxygens (including phenoxy) is 3. The Morgan fingerprint density at radius 3 is 2.57 bits per heavy atom. The smallest absolute Gasteiger partial charge is 0.338 e. The fourth-order valence-corrected chi connectivity index (χ4v) is 2.90. The molecule has 0 radical (unpaired) electrons. The number of hydrogen-bond donors (Lipinski definition) is 0. The fourth-order valence-electron chi connectivity index (χ4n) is 2.75. The van der Waals surface area contributed by atoms with Gasteiger partial charge in [-0.2, -0.15) is 0 Å². The zero-order chi connectivity index (χ0) is 16.3. The topological polar surface area (TPSA) is 44.8 Å². The summed E-state index contributed by atoms with van der Waals surface area (Å²) in [4.78, 5) is 12.2. The first-order valence-corrected chi connectivity index (χ1v) is 7.86. The molecule has 2 aromatic carbocycles. The van der Waals surface area contributed by atoms with Gasteiger partial charge in [-0.25, -0.2) is 4.79 Å². The lowest BCUT2D eigenvalue weighted by Gasteiger charge is -2.30. The number of methoxy groups -OCH3 is 1. The van der Waals surface area contributed by atoms with Crippen molar-refractivity contribution in [3.63, 3.8) is 0 Å². The van der Waals surface area contributed by atoms with Crippen LogP contribution in [0.25, 0.3) is 0 Å². The Kier molecular flexibility index (Phi) is 4.66. The number of rotatable bonds is 4. The number of benzene rings is 2. The summed E-state index contributed by atoms with van der Waals surface area (Å²) in [6.45, 7) is 0.355. The molecule has 1 aliphatic heterocycles. The number of halogens is 1. The Hall–Kier alpha value is -1.88. The normalized spacial score (nSPS) is 23.7. The fraction of sp³-hybridized carbons (Fsp3) is 0.278. The van der Waals surface area contributed by atoms with Crippen LogP contribution in [0, 0.1) is 0 Å². The Labute approximate surface area is 139 Å². The van der Waals surface area contributed by atoms with Crippen LogP contribution in [-0.4, -0.2) is 31.7 Å². The van der Waals surface area contributed by atoms with Gasteiger partial charge in [0.25, 0.3) is 0 Å². The minimum atomic E-state index is -1.16. The van der Waals surface area contributed by atoms with E-state index in [4.69, 9.17) is 25.8 Å². The average molecular weight is 333 g/mol. The molecule has 2 atom stereocenters. The Bertz CT molecular complexity index is 688. The highest BCUT2D eigenvalue weighted by molar-refractivity contribution is 6.18. The molecule has 0 saturated carbocycles. The minimum Gasteiger partial charge on any atom is -0.465 e. The number of hydrogen-bond acceptors (Lipinski definition) is 4. The van der Waals surface area contributed by atoms with Gasteiger partial charge < -0.3 is 14.2 Å². The molecule has 0 spiro atoms. The van der Waals surface area contributed by atoms with Crippen LogP contribution >= 0.6 is 11.6 Å². The van der Waals surface area contributed by atoms with Gasteiger partial charge in [0.05, 0.1) is 31.3 Å². The van der Waals surface area contributed by atoms with Gasteiger partial charge in [-0.1, -0.05) is 48.5 Å². The van der Waals surface area contributed by atoms with E-state index < -0.39 is 11.8 Å². The predicted molar refractivity (Wildman–Crippen MR) is 86.5 cm³/mol. The molecule has 1 fully saturated rings. The largest absolute Gasteiger partial charge is 0.465 e. The Morgan fingerprint density at radius 1 is 1.22 bits per heavy atom. The van der Waals surface area contributed by atoms with E-state index in [-0.39, 0.29) is 6.10 Å². The molecule has 0 aromatic heterocycles. The number of carbonyl (C=O) groups excluding carboxylic acids is 1. The number of alkyl halides is 1. The molecule has 3 rings (SSSR count).